The third-order valence-electron chi connectivity index (χ3n) is 3.92. The van der Waals surface area contributed by atoms with E-state index in [0.717, 1.165) is 18.5 Å². The summed E-state index contributed by atoms with van der Waals surface area (Å²) in [4.78, 5) is 11.6. The monoisotopic (exact) mass is 265 g/mol. The maximum absolute atomic E-state index is 11.6. The molecule has 20 heavy (non-hydrogen) atoms. The molecule has 2 nitrogen and oxygen atoms in total. The standard InChI is InChI=1S/C18H19NO/c1-3-4-11-19-17-8-6-5-7-15(17)16-10-9-14(13(2)20)12-18(16)19/h5-10,12H,3-4,11H2,1-2H3. The van der Waals surface area contributed by atoms with Crippen LogP contribution in [0.25, 0.3) is 21.8 Å². The molecular weight excluding hydrogens is 246 g/mol. The highest BCUT2D eigenvalue weighted by molar-refractivity contribution is 6.10. The molecule has 3 rings (SSSR count). The molecule has 0 atom stereocenters. The van der Waals surface area contributed by atoms with Gasteiger partial charge in [-0.15, -0.1) is 0 Å². The number of hydrogen-bond donors (Lipinski definition) is 0. The van der Waals surface area contributed by atoms with E-state index in [-0.39, 0.29) is 5.78 Å². The molecule has 0 N–H and O–H groups in total. The molecule has 2 heteroatoms. The number of unbranched alkanes of at least 4 members (excludes halogenated alkanes) is 1. The van der Waals surface area contributed by atoms with Gasteiger partial charge in [0.25, 0.3) is 0 Å². The van der Waals surface area contributed by atoms with E-state index in [9.17, 15) is 4.79 Å². The van der Waals surface area contributed by atoms with Gasteiger partial charge < -0.3 is 4.57 Å². The maximum Gasteiger partial charge on any atom is 0.159 e. The van der Waals surface area contributed by atoms with E-state index in [1.165, 1.54) is 28.2 Å². The summed E-state index contributed by atoms with van der Waals surface area (Å²) in [5.74, 6) is 0.124. The van der Waals surface area contributed by atoms with Crippen LogP contribution < -0.4 is 0 Å². The second-order valence-electron chi connectivity index (χ2n) is 5.31. The number of ketones is 1. The lowest BCUT2D eigenvalue weighted by atomic mass is 10.1. The molecule has 0 saturated heterocycles. The van der Waals surface area contributed by atoms with E-state index in [1.54, 1.807) is 6.92 Å². The zero-order valence-corrected chi connectivity index (χ0v) is 12.0. The van der Waals surface area contributed by atoms with Crippen molar-refractivity contribution in [2.24, 2.45) is 0 Å². The minimum absolute atomic E-state index is 0.124. The van der Waals surface area contributed by atoms with E-state index in [4.69, 9.17) is 0 Å². The van der Waals surface area contributed by atoms with Crippen molar-refractivity contribution >= 4 is 27.6 Å². The predicted molar refractivity (Wildman–Crippen MR) is 84.4 cm³/mol. The Hall–Kier alpha value is -2.09. The molecule has 0 aliphatic heterocycles. The Kier molecular flexibility index (Phi) is 3.31. The molecule has 0 amide bonds. The van der Waals surface area contributed by atoms with Crippen LogP contribution in [0, 0.1) is 0 Å². The fraction of sp³-hybridized carbons (Fsp3) is 0.278. The first kappa shape index (κ1) is 12.9. The molecule has 102 valence electrons. The normalized spacial score (nSPS) is 11.3. The Labute approximate surface area is 119 Å². The van der Waals surface area contributed by atoms with Crippen molar-refractivity contribution in [2.75, 3.05) is 0 Å². The average molecular weight is 265 g/mol. The summed E-state index contributed by atoms with van der Waals surface area (Å²) in [6, 6.07) is 14.5. The van der Waals surface area contributed by atoms with Gasteiger partial charge in [-0.25, -0.2) is 0 Å². The molecule has 0 aliphatic carbocycles. The highest BCUT2D eigenvalue weighted by atomic mass is 16.1. The third kappa shape index (κ3) is 2.01. The number of fused-ring (bicyclic) bond motifs is 3. The van der Waals surface area contributed by atoms with Crippen molar-refractivity contribution in [3.63, 3.8) is 0 Å². The van der Waals surface area contributed by atoms with E-state index >= 15 is 0 Å². The van der Waals surface area contributed by atoms with Gasteiger partial charge in [-0.2, -0.15) is 0 Å². The SMILES string of the molecule is CCCCn1c2ccccc2c2ccc(C(C)=O)cc21. The van der Waals surface area contributed by atoms with Crippen molar-refractivity contribution in [2.45, 2.75) is 33.2 Å². The Bertz CT molecular complexity index is 783. The van der Waals surface area contributed by atoms with Crippen LogP contribution in [0.3, 0.4) is 0 Å². The van der Waals surface area contributed by atoms with E-state index in [2.05, 4.69) is 41.8 Å². The van der Waals surface area contributed by atoms with Crippen molar-refractivity contribution in [1.82, 2.24) is 4.57 Å². The molecule has 0 unspecified atom stereocenters. The number of rotatable bonds is 4. The Morgan fingerprint density at radius 1 is 1.05 bits per heavy atom. The number of benzene rings is 2. The van der Waals surface area contributed by atoms with E-state index < -0.39 is 0 Å². The van der Waals surface area contributed by atoms with Crippen molar-refractivity contribution in [3.8, 4) is 0 Å². The molecule has 0 spiro atoms. The molecule has 0 fully saturated rings. The highest BCUT2D eigenvalue weighted by Gasteiger charge is 2.11. The fourth-order valence-corrected chi connectivity index (χ4v) is 2.83. The Morgan fingerprint density at radius 3 is 2.55 bits per heavy atom. The number of aryl methyl sites for hydroxylation is 1. The summed E-state index contributed by atoms with van der Waals surface area (Å²) in [6.45, 7) is 4.83. The molecule has 0 radical (unpaired) electrons. The van der Waals surface area contributed by atoms with Gasteiger partial charge in [0.2, 0.25) is 0 Å². The van der Waals surface area contributed by atoms with Crippen LogP contribution in [0.2, 0.25) is 0 Å². The quantitative estimate of drug-likeness (QED) is 0.621. The van der Waals surface area contributed by atoms with Gasteiger partial charge in [0.05, 0.1) is 0 Å². The zero-order valence-electron chi connectivity index (χ0n) is 12.0. The van der Waals surface area contributed by atoms with Crippen LogP contribution in [-0.4, -0.2) is 10.4 Å². The van der Waals surface area contributed by atoms with Gasteiger partial charge in [-0.3, -0.25) is 4.79 Å². The number of aromatic nitrogens is 1. The summed E-state index contributed by atoms with van der Waals surface area (Å²) in [7, 11) is 0. The Morgan fingerprint density at radius 2 is 1.80 bits per heavy atom. The number of carbonyl (C=O) groups is 1. The first-order valence-corrected chi connectivity index (χ1v) is 7.24. The fourth-order valence-electron chi connectivity index (χ4n) is 2.83. The zero-order chi connectivity index (χ0) is 14.1. The molecule has 0 saturated carbocycles. The lowest BCUT2D eigenvalue weighted by Crippen LogP contribution is -1.98. The van der Waals surface area contributed by atoms with Crippen LogP contribution in [0.15, 0.2) is 42.5 Å². The van der Waals surface area contributed by atoms with E-state index in [1.807, 2.05) is 12.1 Å². The second-order valence-corrected chi connectivity index (χ2v) is 5.31. The van der Waals surface area contributed by atoms with Gasteiger partial charge >= 0.3 is 0 Å². The molecule has 0 bridgehead atoms. The Balaban J connectivity index is 2.33. The average Bonchev–Trinajstić information content (AvgIpc) is 2.78. The molecule has 3 aromatic rings. The van der Waals surface area contributed by atoms with Crippen molar-refractivity contribution in [3.05, 3.63) is 48.0 Å². The lowest BCUT2D eigenvalue weighted by Gasteiger charge is -2.06. The van der Waals surface area contributed by atoms with Crippen LogP contribution in [0.5, 0.6) is 0 Å². The van der Waals surface area contributed by atoms with Gasteiger partial charge in [-0.1, -0.05) is 43.7 Å². The lowest BCUT2D eigenvalue weighted by molar-refractivity contribution is 0.101. The van der Waals surface area contributed by atoms with Crippen LogP contribution in [0.4, 0.5) is 0 Å². The van der Waals surface area contributed by atoms with Gasteiger partial charge in [0, 0.05) is 33.9 Å². The van der Waals surface area contributed by atoms with Crippen LogP contribution in [0.1, 0.15) is 37.0 Å². The maximum atomic E-state index is 11.6. The van der Waals surface area contributed by atoms with Gasteiger partial charge in [0.1, 0.15) is 0 Å². The third-order valence-corrected chi connectivity index (χ3v) is 3.92. The summed E-state index contributed by atoms with van der Waals surface area (Å²) < 4.78 is 2.35. The summed E-state index contributed by atoms with van der Waals surface area (Å²) in [5.41, 5.74) is 3.22. The first-order chi connectivity index (χ1) is 9.72. The highest BCUT2D eigenvalue weighted by Crippen LogP contribution is 2.30. The number of para-hydroxylation sites is 1. The van der Waals surface area contributed by atoms with Gasteiger partial charge in [0.15, 0.2) is 5.78 Å². The van der Waals surface area contributed by atoms with Crippen molar-refractivity contribution in [1.29, 1.82) is 0 Å². The molecule has 0 aliphatic rings. The summed E-state index contributed by atoms with van der Waals surface area (Å²) in [5, 5.41) is 2.51. The van der Waals surface area contributed by atoms with Gasteiger partial charge in [-0.05, 0) is 25.5 Å². The predicted octanol–water partition coefficient (Wildman–Crippen LogP) is 4.80. The molecule has 1 aromatic heterocycles. The van der Waals surface area contributed by atoms with Crippen LogP contribution >= 0.6 is 0 Å². The smallest absolute Gasteiger partial charge is 0.159 e. The topological polar surface area (TPSA) is 22.0 Å². The number of hydrogen-bond acceptors (Lipinski definition) is 1. The molecule has 2 aromatic carbocycles. The number of Topliss-reactive ketones (excluding diaryl/α,β-unsaturated/α-hetero) is 1. The van der Waals surface area contributed by atoms with Crippen LogP contribution in [-0.2, 0) is 6.54 Å². The molecular formula is C18H19NO. The minimum Gasteiger partial charge on any atom is -0.340 e. The second kappa shape index (κ2) is 5.12. The number of carbonyl (C=O) groups excluding carboxylic acids is 1. The number of nitrogens with zero attached hydrogens (tertiary/aromatic N) is 1. The summed E-state index contributed by atoms with van der Waals surface area (Å²) in [6.07, 6.45) is 2.32. The van der Waals surface area contributed by atoms with Crippen molar-refractivity contribution < 1.29 is 4.79 Å². The molecule has 1 heterocycles. The first-order valence-electron chi connectivity index (χ1n) is 7.24. The van der Waals surface area contributed by atoms with E-state index in [0.29, 0.717) is 0 Å². The summed E-state index contributed by atoms with van der Waals surface area (Å²) >= 11 is 0. The largest absolute Gasteiger partial charge is 0.340 e. The minimum atomic E-state index is 0.124.